The highest BCUT2D eigenvalue weighted by Gasteiger charge is 2.27. The number of rotatable bonds is 4. The second-order valence-electron chi connectivity index (χ2n) is 5.35. The predicted octanol–water partition coefficient (Wildman–Crippen LogP) is 0.368. The summed E-state index contributed by atoms with van der Waals surface area (Å²) in [4.78, 5) is 16.2. The number of anilines is 2. The molecule has 20 heavy (non-hydrogen) atoms. The Balaban J connectivity index is 1.80. The molecule has 1 saturated heterocycles. The van der Waals surface area contributed by atoms with E-state index in [0.717, 1.165) is 37.4 Å². The van der Waals surface area contributed by atoms with Crippen LogP contribution in [-0.2, 0) is 11.2 Å². The van der Waals surface area contributed by atoms with E-state index in [2.05, 4.69) is 28.4 Å². The minimum absolute atomic E-state index is 0.123. The maximum atomic E-state index is 12.0. The van der Waals surface area contributed by atoms with Crippen LogP contribution in [0.3, 0.4) is 0 Å². The van der Waals surface area contributed by atoms with E-state index in [9.17, 15) is 4.79 Å². The zero-order valence-corrected chi connectivity index (χ0v) is 11.6. The Hall–Kier alpha value is -1.59. The molecule has 0 saturated carbocycles. The fourth-order valence-corrected chi connectivity index (χ4v) is 2.96. The van der Waals surface area contributed by atoms with Crippen molar-refractivity contribution in [3.05, 3.63) is 23.8 Å². The van der Waals surface area contributed by atoms with E-state index >= 15 is 0 Å². The summed E-state index contributed by atoms with van der Waals surface area (Å²) in [6, 6.07) is 6.31. The third-order valence-corrected chi connectivity index (χ3v) is 4.02. The molecule has 1 aromatic carbocycles. The van der Waals surface area contributed by atoms with Crippen molar-refractivity contribution in [1.29, 1.82) is 0 Å². The van der Waals surface area contributed by atoms with Crippen LogP contribution in [0.25, 0.3) is 0 Å². The van der Waals surface area contributed by atoms with E-state index < -0.39 is 0 Å². The van der Waals surface area contributed by atoms with Gasteiger partial charge in [-0.1, -0.05) is 0 Å². The first-order valence-corrected chi connectivity index (χ1v) is 7.29. The smallest absolute Gasteiger partial charge is 0.231 e. The molecule has 2 N–H and O–H groups in total. The molecular formula is C15H21N3O2. The van der Waals surface area contributed by atoms with Gasteiger partial charge in [-0.25, -0.2) is 0 Å². The van der Waals surface area contributed by atoms with Crippen LogP contribution in [0.15, 0.2) is 18.2 Å². The third kappa shape index (κ3) is 2.51. The molecule has 1 aromatic rings. The summed E-state index contributed by atoms with van der Waals surface area (Å²) in [5.74, 6) is 0.144. The number of benzene rings is 1. The van der Waals surface area contributed by atoms with Crippen LogP contribution in [-0.4, -0.2) is 50.3 Å². The summed E-state index contributed by atoms with van der Waals surface area (Å²) in [7, 11) is 0. The Labute approximate surface area is 119 Å². The quantitative estimate of drug-likeness (QED) is 0.833. The van der Waals surface area contributed by atoms with Crippen LogP contribution >= 0.6 is 0 Å². The zero-order valence-electron chi connectivity index (χ0n) is 11.6. The van der Waals surface area contributed by atoms with Crippen molar-refractivity contribution < 1.29 is 9.90 Å². The summed E-state index contributed by atoms with van der Waals surface area (Å²) in [5.41, 5.74) is 3.34. The van der Waals surface area contributed by atoms with Crippen LogP contribution in [0.2, 0.25) is 0 Å². The van der Waals surface area contributed by atoms with Gasteiger partial charge in [-0.2, -0.15) is 0 Å². The molecule has 1 fully saturated rings. The van der Waals surface area contributed by atoms with Gasteiger partial charge in [-0.3, -0.25) is 4.79 Å². The number of nitrogens with zero attached hydrogens (tertiary/aromatic N) is 2. The van der Waals surface area contributed by atoms with Gasteiger partial charge in [-0.15, -0.1) is 0 Å². The van der Waals surface area contributed by atoms with E-state index in [1.165, 1.54) is 5.69 Å². The first-order chi connectivity index (χ1) is 9.79. The molecule has 0 spiro atoms. The highest BCUT2D eigenvalue weighted by Crippen LogP contribution is 2.32. The molecule has 0 unspecified atom stereocenters. The van der Waals surface area contributed by atoms with Crippen LogP contribution < -0.4 is 15.1 Å². The van der Waals surface area contributed by atoms with Crippen molar-refractivity contribution in [3.63, 3.8) is 0 Å². The molecule has 1 amide bonds. The average molecular weight is 275 g/mol. The number of piperazine rings is 1. The molecule has 2 heterocycles. The van der Waals surface area contributed by atoms with Gasteiger partial charge in [0, 0.05) is 50.7 Å². The predicted molar refractivity (Wildman–Crippen MR) is 79.3 cm³/mol. The van der Waals surface area contributed by atoms with E-state index in [4.69, 9.17) is 5.11 Å². The lowest BCUT2D eigenvalue weighted by atomic mass is 10.1. The van der Waals surface area contributed by atoms with Gasteiger partial charge in [0.05, 0.1) is 6.42 Å². The molecular weight excluding hydrogens is 254 g/mol. The largest absolute Gasteiger partial charge is 0.396 e. The number of aliphatic hydroxyl groups excluding tert-OH is 1. The highest BCUT2D eigenvalue weighted by atomic mass is 16.3. The number of amides is 1. The van der Waals surface area contributed by atoms with E-state index in [1.807, 2.05) is 0 Å². The van der Waals surface area contributed by atoms with Crippen LogP contribution in [0.4, 0.5) is 11.4 Å². The Morgan fingerprint density at radius 3 is 2.80 bits per heavy atom. The average Bonchev–Trinajstić information content (AvgIpc) is 2.80. The zero-order chi connectivity index (χ0) is 13.9. The molecule has 2 aliphatic rings. The van der Waals surface area contributed by atoms with Crippen molar-refractivity contribution >= 4 is 17.3 Å². The van der Waals surface area contributed by atoms with Gasteiger partial charge in [0.25, 0.3) is 0 Å². The molecule has 0 atom stereocenters. The summed E-state index contributed by atoms with van der Waals surface area (Å²) in [6.45, 7) is 4.78. The van der Waals surface area contributed by atoms with E-state index in [-0.39, 0.29) is 12.5 Å². The van der Waals surface area contributed by atoms with Crippen molar-refractivity contribution in [1.82, 2.24) is 5.32 Å². The van der Waals surface area contributed by atoms with Gasteiger partial charge < -0.3 is 20.2 Å². The fraction of sp³-hybridized carbons (Fsp3) is 0.533. The lowest BCUT2D eigenvalue weighted by Gasteiger charge is -2.30. The monoisotopic (exact) mass is 275 g/mol. The molecule has 3 rings (SSSR count). The number of hydrogen-bond acceptors (Lipinski definition) is 4. The number of hydrogen-bond donors (Lipinski definition) is 2. The van der Waals surface area contributed by atoms with E-state index in [1.54, 1.807) is 4.90 Å². The third-order valence-electron chi connectivity index (χ3n) is 4.02. The fourth-order valence-electron chi connectivity index (χ4n) is 2.96. The van der Waals surface area contributed by atoms with Gasteiger partial charge in [0.2, 0.25) is 5.91 Å². The number of fused-ring (bicyclic) bond motifs is 1. The minimum atomic E-state index is 0.123. The van der Waals surface area contributed by atoms with E-state index in [0.29, 0.717) is 19.4 Å². The van der Waals surface area contributed by atoms with Gasteiger partial charge in [0.15, 0.2) is 0 Å². The molecule has 0 aromatic heterocycles. The summed E-state index contributed by atoms with van der Waals surface area (Å²) in [5, 5.41) is 12.3. The standard InChI is InChI=1S/C15H21N3O2/c19-9-1-6-18-14-3-2-13(10-12(14)11-15(18)20)17-7-4-16-5-8-17/h2-3,10,16,19H,1,4-9,11H2. The SMILES string of the molecule is O=C1Cc2cc(N3CCNCC3)ccc2N1CCCO. The topological polar surface area (TPSA) is 55.8 Å². The molecule has 2 aliphatic heterocycles. The Morgan fingerprint density at radius 2 is 2.05 bits per heavy atom. The molecule has 5 heteroatoms. The van der Waals surface area contributed by atoms with Gasteiger partial charge in [-0.05, 0) is 30.2 Å². The first-order valence-electron chi connectivity index (χ1n) is 7.29. The summed E-state index contributed by atoms with van der Waals surface area (Å²) >= 11 is 0. The van der Waals surface area contributed by atoms with Crippen LogP contribution in [0.5, 0.6) is 0 Å². The maximum absolute atomic E-state index is 12.0. The first kappa shape index (κ1) is 13.4. The summed E-state index contributed by atoms with van der Waals surface area (Å²) in [6.07, 6.45) is 1.12. The lowest BCUT2D eigenvalue weighted by Crippen LogP contribution is -2.43. The Kier molecular flexibility index (Phi) is 3.89. The second kappa shape index (κ2) is 5.81. The van der Waals surface area contributed by atoms with Crippen LogP contribution in [0, 0.1) is 0 Å². The molecule has 5 nitrogen and oxygen atoms in total. The highest BCUT2D eigenvalue weighted by molar-refractivity contribution is 6.01. The second-order valence-corrected chi connectivity index (χ2v) is 5.35. The minimum Gasteiger partial charge on any atom is -0.396 e. The van der Waals surface area contributed by atoms with Crippen molar-refractivity contribution in [2.75, 3.05) is 49.1 Å². The van der Waals surface area contributed by atoms with Crippen molar-refractivity contribution in [2.45, 2.75) is 12.8 Å². The molecule has 0 aliphatic carbocycles. The Morgan fingerprint density at radius 1 is 1.25 bits per heavy atom. The summed E-state index contributed by atoms with van der Waals surface area (Å²) < 4.78 is 0. The van der Waals surface area contributed by atoms with Crippen LogP contribution in [0.1, 0.15) is 12.0 Å². The number of aliphatic hydroxyl groups is 1. The van der Waals surface area contributed by atoms with Gasteiger partial charge >= 0.3 is 0 Å². The number of carbonyl (C=O) groups excluding carboxylic acids is 1. The lowest BCUT2D eigenvalue weighted by molar-refractivity contribution is -0.117. The maximum Gasteiger partial charge on any atom is 0.231 e. The molecule has 0 bridgehead atoms. The van der Waals surface area contributed by atoms with Gasteiger partial charge in [0.1, 0.15) is 0 Å². The van der Waals surface area contributed by atoms with Crippen molar-refractivity contribution in [3.8, 4) is 0 Å². The number of carbonyl (C=O) groups is 1. The van der Waals surface area contributed by atoms with Crippen molar-refractivity contribution in [2.24, 2.45) is 0 Å². The normalized spacial score (nSPS) is 18.6. The molecule has 108 valence electrons. The number of nitrogens with one attached hydrogen (secondary N) is 1. The molecule has 0 radical (unpaired) electrons. The Bertz CT molecular complexity index is 498.